The fraction of sp³-hybridized carbons (Fsp3) is 0.316. The van der Waals surface area contributed by atoms with Gasteiger partial charge in [0.05, 0.1) is 26.5 Å². The van der Waals surface area contributed by atoms with Crippen LogP contribution in [0.2, 0.25) is 0 Å². The summed E-state index contributed by atoms with van der Waals surface area (Å²) in [6.45, 7) is 0.745. The van der Waals surface area contributed by atoms with Gasteiger partial charge in [0.25, 0.3) is 0 Å². The van der Waals surface area contributed by atoms with Gasteiger partial charge in [0, 0.05) is 18.9 Å². The summed E-state index contributed by atoms with van der Waals surface area (Å²) in [5.74, 6) is 2.19. The van der Waals surface area contributed by atoms with Crippen LogP contribution in [0.5, 0.6) is 17.2 Å². The second-order valence-corrected chi connectivity index (χ2v) is 5.65. The van der Waals surface area contributed by atoms with Crippen LogP contribution < -0.4 is 19.5 Å². The fourth-order valence-electron chi connectivity index (χ4n) is 2.78. The van der Waals surface area contributed by atoms with Crippen molar-refractivity contribution in [1.82, 2.24) is 0 Å². The smallest absolute Gasteiger partial charge is 0.224 e. The number of carbonyl (C=O) groups is 1. The molecule has 126 valence electrons. The van der Waals surface area contributed by atoms with E-state index in [9.17, 15) is 4.79 Å². The number of rotatable bonds is 6. The molecule has 2 aromatic carbocycles. The van der Waals surface area contributed by atoms with Gasteiger partial charge in [-0.25, -0.2) is 0 Å². The zero-order chi connectivity index (χ0) is 16.9. The molecule has 0 atom stereocenters. The third kappa shape index (κ3) is 3.62. The Labute approximate surface area is 141 Å². The largest absolute Gasteiger partial charge is 0.497 e. The summed E-state index contributed by atoms with van der Waals surface area (Å²) in [5.41, 5.74) is 2.98. The van der Waals surface area contributed by atoms with Gasteiger partial charge in [-0.2, -0.15) is 0 Å². The second kappa shape index (κ2) is 7.25. The molecule has 0 unspecified atom stereocenters. The quantitative estimate of drug-likeness (QED) is 0.885. The first-order chi connectivity index (χ1) is 11.7. The normalized spacial score (nSPS) is 12.2. The minimum Gasteiger partial charge on any atom is -0.497 e. The van der Waals surface area contributed by atoms with Gasteiger partial charge in [0.1, 0.15) is 17.2 Å². The minimum absolute atomic E-state index is 0.0571. The lowest BCUT2D eigenvalue weighted by Gasteiger charge is -2.12. The van der Waals surface area contributed by atoms with Crippen LogP contribution in [-0.4, -0.2) is 26.7 Å². The second-order valence-electron chi connectivity index (χ2n) is 5.65. The average Bonchev–Trinajstić information content (AvgIpc) is 3.07. The Hall–Kier alpha value is -2.69. The molecule has 0 fully saturated rings. The summed E-state index contributed by atoms with van der Waals surface area (Å²) in [5, 5.41) is 2.89. The molecule has 0 radical (unpaired) electrons. The van der Waals surface area contributed by atoms with Crippen molar-refractivity contribution < 1.29 is 19.0 Å². The molecule has 1 amide bonds. The summed E-state index contributed by atoms with van der Waals surface area (Å²) < 4.78 is 16.0. The highest BCUT2D eigenvalue weighted by molar-refractivity contribution is 5.92. The zero-order valence-electron chi connectivity index (χ0n) is 13.9. The van der Waals surface area contributed by atoms with E-state index < -0.39 is 0 Å². The summed E-state index contributed by atoms with van der Waals surface area (Å²) in [4.78, 5) is 12.3. The molecule has 1 heterocycles. The molecule has 24 heavy (non-hydrogen) atoms. The predicted molar refractivity (Wildman–Crippen MR) is 92.1 cm³/mol. The van der Waals surface area contributed by atoms with Crippen molar-refractivity contribution in [2.24, 2.45) is 0 Å². The Morgan fingerprint density at radius 3 is 2.83 bits per heavy atom. The van der Waals surface area contributed by atoms with Gasteiger partial charge in [0.15, 0.2) is 0 Å². The van der Waals surface area contributed by atoms with Crippen molar-refractivity contribution in [3.05, 3.63) is 47.5 Å². The lowest BCUT2D eigenvalue weighted by atomic mass is 10.0. The molecule has 0 aromatic heterocycles. The van der Waals surface area contributed by atoms with Gasteiger partial charge in [-0.05, 0) is 35.7 Å². The molecule has 1 aliphatic rings. The first-order valence-corrected chi connectivity index (χ1v) is 7.96. The monoisotopic (exact) mass is 327 g/mol. The predicted octanol–water partition coefficient (Wildman–Crippen LogP) is 3.21. The summed E-state index contributed by atoms with van der Waals surface area (Å²) >= 11 is 0. The molecule has 0 saturated heterocycles. The van der Waals surface area contributed by atoms with Crippen molar-refractivity contribution in [3.63, 3.8) is 0 Å². The van der Waals surface area contributed by atoms with Crippen molar-refractivity contribution >= 4 is 11.6 Å². The standard InChI is InChI=1S/C19H21NO4/c1-22-15-5-7-18(23-2)16(12-15)20-19(21)8-4-13-3-6-17-14(11-13)9-10-24-17/h3,5-7,11-12H,4,8-10H2,1-2H3,(H,20,21). The number of aryl methyl sites for hydroxylation is 1. The third-order valence-corrected chi connectivity index (χ3v) is 4.08. The Morgan fingerprint density at radius 2 is 2.04 bits per heavy atom. The highest BCUT2D eigenvalue weighted by Gasteiger charge is 2.13. The van der Waals surface area contributed by atoms with Crippen molar-refractivity contribution in [1.29, 1.82) is 0 Å². The van der Waals surface area contributed by atoms with E-state index in [0.29, 0.717) is 30.0 Å². The van der Waals surface area contributed by atoms with Gasteiger partial charge in [-0.15, -0.1) is 0 Å². The van der Waals surface area contributed by atoms with E-state index in [1.54, 1.807) is 32.4 Å². The maximum atomic E-state index is 12.3. The molecule has 0 saturated carbocycles. The van der Waals surface area contributed by atoms with Gasteiger partial charge in [0.2, 0.25) is 5.91 Å². The molecule has 5 nitrogen and oxygen atoms in total. The number of benzene rings is 2. The number of nitrogens with one attached hydrogen (secondary N) is 1. The van der Waals surface area contributed by atoms with Crippen molar-refractivity contribution in [3.8, 4) is 17.2 Å². The number of fused-ring (bicyclic) bond motifs is 1. The minimum atomic E-state index is -0.0571. The van der Waals surface area contributed by atoms with Crippen LogP contribution in [0.1, 0.15) is 17.5 Å². The molecule has 0 bridgehead atoms. The molecule has 0 aliphatic carbocycles. The Kier molecular flexibility index (Phi) is 4.89. The maximum absolute atomic E-state index is 12.3. The van der Waals surface area contributed by atoms with E-state index >= 15 is 0 Å². The number of amides is 1. The third-order valence-electron chi connectivity index (χ3n) is 4.08. The molecule has 2 aromatic rings. The Balaban J connectivity index is 1.61. The average molecular weight is 327 g/mol. The van der Waals surface area contributed by atoms with E-state index in [1.165, 1.54) is 5.56 Å². The summed E-state index contributed by atoms with van der Waals surface area (Å²) in [6, 6.07) is 11.4. The van der Waals surface area contributed by atoms with Crippen molar-refractivity contribution in [2.75, 3.05) is 26.1 Å². The first-order valence-electron chi connectivity index (χ1n) is 7.96. The number of anilines is 1. The van der Waals surface area contributed by atoms with Crippen LogP contribution in [0.4, 0.5) is 5.69 Å². The van der Waals surface area contributed by atoms with Gasteiger partial charge in [-0.1, -0.05) is 12.1 Å². The Bertz CT molecular complexity index is 742. The van der Waals surface area contributed by atoms with Crippen LogP contribution in [0, 0.1) is 0 Å². The van der Waals surface area contributed by atoms with Crippen LogP contribution in [0.15, 0.2) is 36.4 Å². The highest BCUT2D eigenvalue weighted by Crippen LogP contribution is 2.29. The van der Waals surface area contributed by atoms with Gasteiger partial charge < -0.3 is 19.5 Å². The summed E-state index contributed by atoms with van der Waals surface area (Å²) in [7, 11) is 3.16. The lowest BCUT2D eigenvalue weighted by Crippen LogP contribution is -2.13. The number of hydrogen-bond donors (Lipinski definition) is 1. The molecule has 3 rings (SSSR count). The van der Waals surface area contributed by atoms with E-state index in [4.69, 9.17) is 14.2 Å². The lowest BCUT2D eigenvalue weighted by molar-refractivity contribution is -0.116. The molecule has 0 spiro atoms. The molecule has 1 N–H and O–H groups in total. The first kappa shape index (κ1) is 16.2. The van der Waals surface area contributed by atoms with Gasteiger partial charge in [-0.3, -0.25) is 4.79 Å². The Morgan fingerprint density at radius 1 is 1.17 bits per heavy atom. The molecular formula is C19H21NO4. The zero-order valence-corrected chi connectivity index (χ0v) is 13.9. The molecule has 1 aliphatic heterocycles. The number of hydrogen-bond acceptors (Lipinski definition) is 4. The van der Waals surface area contributed by atoms with Gasteiger partial charge >= 0.3 is 0 Å². The van der Waals surface area contributed by atoms with Crippen LogP contribution in [-0.2, 0) is 17.6 Å². The fourth-order valence-corrected chi connectivity index (χ4v) is 2.78. The van der Waals surface area contributed by atoms with Crippen LogP contribution in [0.3, 0.4) is 0 Å². The van der Waals surface area contributed by atoms with E-state index in [-0.39, 0.29) is 5.91 Å². The molecular weight excluding hydrogens is 306 g/mol. The number of methoxy groups -OCH3 is 2. The SMILES string of the molecule is COc1ccc(OC)c(NC(=O)CCc2ccc3c(c2)CCO3)c1. The summed E-state index contributed by atoms with van der Waals surface area (Å²) in [6.07, 6.45) is 2.03. The highest BCUT2D eigenvalue weighted by atomic mass is 16.5. The molecule has 5 heteroatoms. The van der Waals surface area contributed by atoms with Crippen LogP contribution in [0.25, 0.3) is 0 Å². The van der Waals surface area contributed by atoms with E-state index in [0.717, 1.165) is 24.3 Å². The number of ether oxygens (including phenoxy) is 3. The van der Waals surface area contributed by atoms with E-state index in [1.807, 2.05) is 12.1 Å². The van der Waals surface area contributed by atoms with Crippen molar-refractivity contribution in [2.45, 2.75) is 19.3 Å². The topological polar surface area (TPSA) is 56.8 Å². The number of carbonyl (C=O) groups excluding carboxylic acids is 1. The van der Waals surface area contributed by atoms with E-state index in [2.05, 4.69) is 11.4 Å². The maximum Gasteiger partial charge on any atom is 0.224 e. The van der Waals surface area contributed by atoms with Crippen LogP contribution >= 0.6 is 0 Å².